The summed E-state index contributed by atoms with van der Waals surface area (Å²) >= 11 is 0. The fourth-order valence-electron chi connectivity index (χ4n) is 5.07. The van der Waals surface area contributed by atoms with Gasteiger partial charge >= 0.3 is 0 Å². The van der Waals surface area contributed by atoms with Crippen LogP contribution in [-0.4, -0.2) is 22.3 Å². The predicted molar refractivity (Wildman–Crippen MR) is 136 cm³/mol. The molecule has 1 N–H and O–H groups in total. The summed E-state index contributed by atoms with van der Waals surface area (Å²) in [6.07, 6.45) is 7.89. The van der Waals surface area contributed by atoms with E-state index in [-0.39, 0.29) is 18.5 Å². The molecule has 7 nitrogen and oxygen atoms in total. The number of amides is 1. The van der Waals surface area contributed by atoms with Crippen LogP contribution in [0.15, 0.2) is 65.3 Å². The quantitative estimate of drug-likeness (QED) is 0.349. The van der Waals surface area contributed by atoms with Crippen LogP contribution in [0, 0.1) is 6.92 Å². The molecule has 6 rings (SSSR count). The van der Waals surface area contributed by atoms with Crippen LogP contribution in [0.1, 0.15) is 59.8 Å². The normalized spacial score (nSPS) is 15.2. The molecule has 4 aromatic rings. The Balaban J connectivity index is 1.27. The number of carbonyl (C=O) groups is 1. The summed E-state index contributed by atoms with van der Waals surface area (Å²) in [4.78, 5) is 17.7. The maximum absolute atomic E-state index is 12.9. The number of hydrogen-bond donors (Lipinski definition) is 1. The number of nitrogens with one attached hydrogen (secondary N) is 1. The van der Waals surface area contributed by atoms with Crippen molar-refractivity contribution in [2.75, 3.05) is 6.79 Å². The molecule has 1 aliphatic heterocycles. The first kappa shape index (κ1) is 22.5. The van der Waals surface area contributed by atoms with Crippen molar-refractivity contribution in [2.24, 2.45) is 0 Å². The highest BCUT2D eigenvalue weighted by atomic mass is 16.7. The molecule has 3 heterocycles. The Morgan fingerprint density at radius 2 is 1.81 bits per heavy atom. The number of furan rings is 1. The van der Waals surface area contributed by atoms with Gasteiger partial charge in [0.2, 0.25) is 6.79 Å². The molecule has 0 bridgehead atoms. The molecule has 0 atom stereocenters. The number of carbonyl (C=O) groups excluding carboxylic acids is 1. The number of fused-ring (bicyclic) bond motifs is 1. The summed E-state index contributed by atoms with van der Waals surface area (Å²) in [7, 11) is 0. The first-order valence-corrected chi connectivity index (χ1v) is 12.6. The van der Waals surface area contributed by atoms with Crippen LogP contribution >= 0.6 is 0 Å². The highest BCUT2D eigenvalue weighted by Crippen LogP contribution is 2.38. The average Bonchev–Trinajstić information content (AvgIpc) is 3.67. The first-order valence-electron chi connectivity index (χ1n) is 12.6. The predicted octanol–water partition coefficient (Wildman–Crippen LogP) is 6.28. The SMILES string of the molecule is Cc1ccc(-c2ncn(C3CCCCC3)c2-c2ccc(C(=O)NCc3ccc4c(c3)OCO4)o2)cc1. The minimum absolute atomic E-state index is 0.225. The summed E-state index contributed by atoms with van der Waals surface area (Å²) in [5.74, 6) is 2.08. The minimum Gasteiger partial charge on any atom is -0.454 e. The van der Waals surface area contributed by atoms with Gasteiger partial charge in [-0.1, -0.05) is 55.2 Å². The molecule has 1 saturated carbocycles. The van der Waals surface area contributed by atoms with Crippen molar-refractivity contribution in [3.8, 4) is 34.2 Å². The number of aromatic nitrogens is 2. The van der Waals surface area contributed by atoms with Gasteiger partial charge in [0.15, 0.2) is 23.0 Å². The summed E-state index contributed by atoms with van der Waals surface area (Å²) < 4.78 is 19.2. The van der Waals surface area contributed by atoms with Crippen LogP contribution in [0.25, 0.3) is 22.7 Å². The fraction of sp³-hybridized carbons (Fsp3) is 0.310. The molecule has 0 saturated heterocycles. The van der Waals surface area contributed by atoms with Crippen molar-refractivity contribution in [2.45, 2.75) is 51.6 Å². The zero-order valence-corrected chi connectivity index (χ0v) is 20.3. The van der Waals surface area contributed by atoms with Gasteiger partial charge in [-0.15, -0.1) is 0 Å². The fourth-order valence-corrected chi connectivity index (χ4v) is 5.07. The van der Waals surface area contributed by atoms with E-state index in [0.717, 1.165) is 41.1 Å². The van der Waals surface area contributed by atoms with Crippen molar-refractivity contribution < 1.29 is 18.7 Å². The molecule has 1 aliphatic carbocycles. The second-order valence-corrected chi connectivity index (χ2v) is 9.54. The van der Waals surface area contributed by atoms with Crippen LogP contribution in [0.2, 0.25) is 0 Å². The standard InChI is InChI=1S/C29H29N3O4/c1-19-7-10-21(11-8-19)27-28(32(17-31-27)22-5-3-2-4-6-22)24-13-14-25(36-24)29(33)30-16-20-9-12-23-26(15-20)35-18-34-23/h7-15,17,22H,2-6,16,18H2,1H3,(H,30,33). The van der Waals surface area contributed by atoms with Crippen LogP contribution in [-0.2, 0) is 6.54 Å². The molecular formula is C29H29N3O4. The molecule has 2 aliphatic rings. The van der Waals surface area contributed by atoms with Crippen LogP contribution in [0.3, 0.4) is 0 Å². The lowest BCUT2D eigenvalue weighted by molar-refractivity contribution is 0.0924. The van der Waals surface area contributed by atoms with Gasteiger partial charge in [-0.05, 0) is 49.6 Å². The zero-order chi connectivity index (χ0) is 24.5. The lowest BCUT2D eigenvalue weighted by Gasteiger charge is -2.24. The number of aryl methyl sites for hydroxylation is 1. The Kier molecular flexibility index (Phi) is 5.97. The van der Waals surface area contributed by atoms with E-state index < -0.39 is 0 Å². The molecule has 2 aromatic heterocycles. The van der Waals surface area contributed by atoms with Crippen molar-refractivity contribution in [3.05, 3.63) is 77.8 Å². The molecule has 0 radical (unpaired) electrons. The van der Waals surface area contributed by atoms with Gasteiger partial charge in [0.1, 0.15) is 5.69 Å². The Bertz CT molecular complexity index is 1380. The van der Waals surface area contributed by atoms with Gasteiger partial charge in [0.05, 0.1) is 12.0 Å². The lowest BCUT2D eigenvalue weighted by Crippen LogP contribution is -2.22. The Hall–Kier alpha value is -4.00. The van der Waals surface area contributed by atoms with E-state index in [1.807, 2.05) is 30.6 Å². The summed E-state index contributed by atoms with van der Waals surface area (Å²) in [6.45, 7) is 2.66. The molecule has 2 aromatic carbocycles. The van der Waals surface area contributed by atoms with E-state index in [1.165, 1.54) is 24.8 Å². The maximum atomic E-state index is 12.9. The number of ether oxygens (including phenoxy) is 2. The van der Waals surface area contributed by atoms with Gasteiger partial charge in [-0.2, -0.15) is 0 Å². The molecule has 0 spiro atoms. The van der Waals surface area contributed by atoms with Crippen molar-refractivity contribution in [3.63, 3.8) is 0 Å². The van der Waals surface area contributed by atoms with Gasteiger partial charge in [-0.3, -0.25) is 4.79 Å². The zero-order valence-electron chi connectivity index (χ0n) is 20.3. The molecular weight excluding hydrogens is 454 g/mol. The third-order valence-corrected chi connectivity index (χ3v) is 7.04. The highest BCUT2D eigenvalue weighted by molar-refractivity contribution is 5.92. The van der Waals surface area contributed by atoms with Crippen molar-refractivity contribution in [1.29, 1.82) is 0 Å². The molecule has 36 heavy (non-hydrogen) atoms. The van der Waals surface area contributed by atoms with Gasteiger partial charge < -0.3 is 23.8 Å². The number of benzene rings is 2. The summed E-state index contributed by atoms with van der Waals surface area (Å²) in [6, 6.07) is 18.0. The number of nitrogens with zero attached hydrogens (tertiary/aromatic N) is 2. The summed E-state index contributed by atoms with van der Waals surface area (Å²) in [5.41, 5.74) is 4.97. The lowest BCUT2D eigenvalue weighted by atomic mass is 9.95. The monoisotopic (exact) mass is 483 g/mol. The van der Waals surface area contributed by atoms with E-state index in [2.05, 4.69) is 41.1 Å². The summed E-state index contributed by atoms with van der Waals surface area (Å²) in [5, 5.41) is 2.94. The molecule has 0 unspecified atom stereocenters. The third-order valence-electron chi connectivity index (χ3n) is 7.04. The Morgan fingerprint density at radius 3 is 2.64 bits per heavy atom. The van der Waals surface area contributed by atoms with Crippen molar-refractivity contribution in [1.82, 2.24) is 14.9 Å². The second-order valence-electron chi connectivity index (χ2n) is 9.54. The van der Waals surface area contributed by atoms with Crippen LogP contribution in [0.4, 0.5) is 0 Å². The van der Waals surface area contributed by atoms with Gasteiger partial charge in [0.25, 0.3) is 5.91 Å². The van der Waals surface area contributed by atoms with Gasteiger partial charge in [-0.25, -0.2) is 4.98 Å². The largest absolute Gasteiger partial charge is 0.454 e. The average molecular weight is 484 g/mol. The van der Waals surface area contributed by atoms with Crippen LogP contribution < -0.4 is 14.8 Å². The Morgan fingerprint density at radius 1 is 1.00 bits per heavy atom. The molecule has 184 valence electrons. The minimum atomic E-state index is -0.264. The van der Waals surface area contributed by atoms with Crippen molar-refractivity contribution >= 4 is 5.91 Å². The maximum Gasteiger partial charge on any atom is 0.287 e. The topological polar surface area (TPSA) is 78.5 Å². The Labute approximate surface area is 210 Å². The van der Waals surface area contributed by atoms with E-state index in [0.29, 0.717) is 24.1 Å². The third kappa shape index (κ3) is 4.37. The number of hydrogen-bond acceptors (Lipinski definition) is 5. The molecule has 1 amide bonds. The smallest absolute Gasteiger partial charge is 0.287 e. The van der Waals surface area contributed by atoms with E-state index in [9.17, 15) is 4.79 Å². The second kappa shape index (κ2) is 9.57. The molecule has 1 fully saturated rings. The van der Waals surface area contributed by atoms with Gasteiger partial charge in [0, 0.05) is 18.2 Å². The highest BCUT2D eigenvalue weighted by Gasteiger charge is 2.25. The first-order chi connectivity index (χ1) is 17.7. The van der Waals surface area contributed by atoms with E-state index >= 15 is 0 Å². The van der Waals surface area contributed by atoms with Crippen LogP contribution in [0.5, 0.6) is 11.5 Å². The number of imidazole rings is 1. The number of rotatable bonds is 6. The molecule has 7 heteroatoms. The van der Waals surface area contributed by atoms with E-state index in [1.54, 1.807) is 6.07 Å². The van der Waals surface area contributed by atoms with E-state index in [4.69, 9.17) is 18.9 Å².